The van der Waals surface area contributed by atoms with Gasteiger partial charge in [-0.2, -0.15) is 17.4 Å². The lowest BCUT2D eigenvalue weighted by Gasteiger charge is -2.34. The maximum atomic E-state index is 13.1. The van der Waals surface area contributed by atoms with E-state index < -0.39 is 16.3 Å². The van der Waals surface area contributed by atoms with Crippen molar-refractivity contribution in [3.8, 4) is 23.8 Å². The summed E-state index contributed by atoms with van der Waals surface area (Å²) in [4.78, 5) is 13.1. The number of methoxy groups -OCH3 is 1. The monoisotopic (exact) mass is 465 g/mol. The Bertz CT molecular complexity index is 924. The minimum absolute atomic E-state index is 0.0848. The summed E-state index contributed by atoms with van der Waals surface area (Å²) in [6.45, 7) is 3.79. The molecule has 0 aliphatic heterocycles. The number of hydrogen-bond acceptors (Lipinski definition) is 5. The van der Waals surface area contributed by atoms with Crippen LogP contribution in [0.4, 0.5) is 0 Å². The fourth-order valence-corrected chi connectivity index (χ4v) is 4.80. The molecule has 0 saturated heterocycles. The number of nitrogens with one attached hydrogen (secondary N) is 2. The Morgan fingerprint density at radius 2 is 1.94 bits per heavy atom. The number of nitrogens with zero attached hydrogens (tertiary/aromatic N) is 1. The number of ether oxygens (including phenoxy) is 2. The van der Waals surface area contributed by atoms with Gasteiger partial charge < -0.3 is 14.8 Å². The number of terminal acetylenes is 1. The average Bonchev–Trinajstić information content (AvgIpc) is 2.76. The summed E-state index contributed by atoms with van der Waals surface area (Å²) in [5.41, 5.74) is 1.04. The van der Waals surface area contributed by atoms with E-state index in [1.165, 1.54) is 14.1 Å². The zero-order valence-electron chi connectivity index (χ0n) is 19.6. The van der Waals surface area contributed by atoms with Crippen molar-refractivity contribution in [1.29, 1.82) is 0 Å². The van der Waals surface area contributed by atoms with E-state index in [1.54, 1.807) is 7.11 Å². The lowest BCUT2D eigenvalue weighted by molar-refractivity contribution is -0.124. The quantitative estimate of drug-likeness (QED) is 0.517. The van der Waals surface area contributed by atoms with Gasteiger partial charge in [0.15, 0.2) is 11.5 Å². The number of rotatable bonds is 10. The molecule has 1 saturated carbocycles. The molecule has 1 aliphatic rings. The second kappa shape index (κ2) is 11.5. The molecule has 8 nitrogen and oxygen atoms in total. The molecule has 0 heterocycles. The van der Waals surface area contributed by atoms with Gasteiger partial charge in [-0.1, -0.05) is 38.7 Å². The zero-order valence-corrected chi connectivity index (χ0v) is 20.4. The minimum Gasteiger partial charge on any atom is -0.493 e. The van der Waals surface area contributed by atoms with Crippen molar-refractivity contribution in [2.45, 2.75) is 57.5 Å². The van der Waals surface area contributed by atoms with Crippen LogP contribution < -0.4 is 19.5 Å². The smallest absolute Gasteiger partial charge is 0.279 e. The highest BCUT2D eigenvalue weighted by Gasteiger charge is 2.33. The molecule has 0 bridgehead atoms. The first-order valence-corrected chi connectivity index (χ1v) is 12.3. The summed E-state index contributed by atoms with van der Waals surface area (Å²) in [5.74, 6) is 3.16. The first kappa shape index (κ1) is 26.0. The van der Waals surface area contributed by atoms with E-state index in [0.717, 1.165) is 35.6 Å². The molecular weight excluding hydrogens is 430 g/mol. The van der Waals surface area contributed by atoms with Crippen molar-refractivity contribution in [2.24, 2.45) is 5.92 Å². The summed E-state index contributed by atoms with van der Waals surface area (Å²) in [7, 11) is 0.697. The Hall–Kier alpha value is -2.28. The normalized spacial score (nSPS) is 19.9. The topological polar surface area (TPSA) is 97.0 Å². The SMILES string of the molecule is C#CCOc1ccc([C@@H]2CCCC[C@H]2NC(=O)[C@@H](NS(=O)(=O)N(C)C)C(C)C)cc1OC. The van der Waals surface area contributed by atoms with Crippen LogP contribution in [0.3, 0.4) is 0 Å². The highest BCUT2D eigenvalue weighted by molar-refractivity contribution is 7.87. The molecular formula is C23H35N3O5S. The van der Waals surface area contributed by atoms with Crippen molar-refractivity contribution < 1.29 is 22.7 Å². The summed E-state index contributed by atoms with van der Waals surface area (Å²) in [5, 5.41) is 3.11. The van der Waals surface area contributed by atoms with E-state index in [0.29, 0.717) is 11.5 Å². The Morgan fingerprint density at radius 1 is 1.25 bits per heavy atom. The summed E-state index contributed by atoms with van der Waals surface area (Å²) >= 11 is 0. The third-order valence-electron chi connectivity index (χ3n) is 5.73. The van der Waals surface area contributed by atoms with Gasteiger partial charge in [0.2, 0.25) is 5.91 Å². The molecule has 2 rings (SSSR count). The molecule has 0 aromatic heterocycles. The second-order valence-corrected chi connectivity index (χ2v) is 10.5. The number of carbonyl (C=O) groups is 1. The third-order valence-corrected chi connectivity index (χ3v) is 7.24. The summed E-state index contributed by atoms with van der Waals surface area (Å²) < 4.78 is 39.2. The van der Waals surface area contributed by atoms with Gasteiger partial charge in [0.05, 0.1) is 7.11 Å². The van der Waals surface area contributed by atoms with Crippen LogP contribution in [-0.2, 0) is 15.0 Å². The highest BCUT2D eigenvalue weighted by atomic mass is 32.2. The molecule has 1 fully saturated rings. The van der Waals surface area contributed by atoms with Crippen LogP contribution in [0.5, 0.6) is 11.5 Å². The van der Waals surface area contributed by atoms with Crippen LogP contribution in [0.1, 0.15) is 51.0 Å². The van der Waals surface area contributed by atoms with E-state index in [1.807, 2.05) is 32.0 Å². The van der Waals surface area contributed by atoms with Crippen molar-refractivity contribution in [1.82, 2.24) is 14.3 Å². The molecule has 0 radical (unpaired) electrons. The maximum Gasteiger partial charge on any atom is 0.279 e. The molecule has 178 valence electrons. The van der Waals surface area contributed by atoms with Gasteiger partial charge in [0.1, 0.15) is 12.6 Å². The Balaban J connectivity index is 2.22. The fourth-order valence-electron chi connectivity index (χ4n) is 3.89. The Kier molecular flexibility index (Phi) is 9.37. The van der Waals surface area contributed by atoms with Gasteiger partial charge in [-0.15, -0.1) is 6.42 Å². The molecule has 1 aromatic carbocycles. The van der Waals surface area contributed by atoms with Crippen LogP contribution in [0.25, 0.3) is 0 Å². The zero-order chi connectivity index (χ0) is 23.9. The van der Waals surface area contributed by atoms with E-state index >= 15 is 0 Å². The van der Waals surface area contributed by atoms with E-state index in [4.69, 9.17) is 15.9 Å². The van der Waals surface area contributed by atoms with Gasteiger partial charge in [0.25, 0.3) is 10.2 Å². The predicted octanol–water partition coefficient (Wildman–Crippen LogP) is 2.27. The van der Waals surface area contributed by atoms with Crippen LogP contribution in [-0.4, -0.2) is 58.5 Å². The molecule has 1 aliphatic carbocycles. The van der Waals surface area contributed by atoms with E-state index in [9.17, 15) is 13.2 Å². The van der Waals surface area contributed by atoms with Crippen LogP contribution in [0.2, 0.25) is 0 Å². The third kappa shape index (κ3) is 6.61. The van der Waals surface area contributed by atoms with Crippen molar-refractivity contribution in [3.63, 3.8) is 0 Å². The number of benzene rings is 1. The average molecular weight is 466 g/mol. The number of hydrogen-bond donors (Lipinski definition) is 2. The highest BCUT2D eigenvalue weighted by Crippen LogP contribution is 2.37. The van der Waals surface area contributed by atoms with E-state index in [2.05, 4.69) is 16.0 Å². The fraction of sp³-hybridized carbons (Fsp3) is 0.609. The van der Waals surface area contributed by atoms with E-state index in [-0.39, 0.29) is 30.4 Å². The number of amides is 1. The molecule has 3 atom stereocenters. The second-order valence-electron chi connectivity index (χ2n) is 8.54. The molecule has 0 unspecified atom stereocenters. The van der Waals surface area contributed by atoms with Gasteiger partial charge in [-0.3, -0.25) is 4.79 Å². The van der Waals surface area contributed by atoms with Gasteiger partial charge in [-0.25, -0.2) is 0 Å². The summed E-state index contributed by atoms with van der Waals surface area (Å²) in [6.07, 6.45) is 9.06. The molecule has 1 amide bonds. The largest absolute Gasteiger partial charge is 0.493 e. The maximum absolute atomic E-state index is 13.1. The van der Waals surface area contributed by atoms with Crippen molar-refractivity contribution in [3.05, 3.63) is 23.8 Å². The van der Waals surface area contributed by atoms with Gasteiger partial charge in [0, 0.05) is 26.1 Å². The van der Waals surface area contributed by atoms with Crippen molar-refractivity contribution in [2.75, 3.05) is 27.8 Å². The Labute approximate surface area is 192 Å². The van der Waals surface area contributed by atoms with Crippen LogP contribution in [0, 0.1) is 18.3 Å². The first-order valence-electron chi connectivity index (χ1n) is 10.8. The van der Waals surface area contributed by atoms with Crippen molar-refractivity contribution >= 4 is 16.1 Å². The molecule has 2 N–H and O–H groups in total. The predicted molar refractivity (Wildman–Crippen MR) is 125 cm³/mol. The molecule has 1 aromatic rings. The molecule has 9 heteroatoms. The van der Waals surface area contributed by atoms with Crippen LogP contribution in [0.15, 0.2) is 18.2 Å². The standard InChI is InChI=1S/C23H35N3O5S/c1-7-14-31-20-13-12-17(15-21(20)30-6)18-10-8-9-11-19(18)24-23(27)22(16(2)3)25-32(28,29)26(4)5/h1,12-13,15-16,18-19,22,25H,8-11,14H2,2-6H3,(H,24,27)/t18-,19+,22-/m0/s1. The lowest BCUT2D eigenvalue weighted by atomic mass is 9.79. The lowest BCUT2D eigenvalue weighted by Crippen LogP contribution is -2.55. The minimum atomic E-state index is -3.74. The summed E-state index contributed by atoms with van der Waals surface area (Å²) in [6, 6.07) is 4.76. The molecule has 32 heavy (non-hydrogen) atoms. The number of carbonyl (C=O) groups excluding carboxylic acids is 1. The van der Waals surface area contributed by atoms with Gasteiger partial charge in [-0.05, 0) is 36.5 Å². The first-order chi connectivity index (χ1) is 15.1. The van der Waals surface area contributed by atoms with Crippen LogP contribution >= 0.6 is 0 Å². The Morgan fingerprint density at radius 3 is 2.53 bits per heavy atom. The molecule has 0 spiro atoms. The van der Waals surface area contributed by atoms with Gasteiger partial charge >= 0.3 is 0 Å².